The summed E-state index contributed by atoms with van der Waals surface area (Å²) >= 11 is 0. The van der Waals surface area contributed by atoms with Crippen molar-refractivity contribution in [3.63, 3.8) is 0 Å². The highest BCUT2D eigenvalue weighted by Crippen LogP contribution is 2.29. The third-order valence-electron chi connectivity index (χ3n) is 4.04. The van der Waals surface area contributed by atoms with Crippen LogP contribution < -0.4 is 0 Å². The molecule has 0 unspecified atom stereocenters. The number of nitrogens with zero attached hydrogens (tertiary/aromatic N) is 3. The van der Waals surface area contributed by atoms with Crippen molar-refractivity contribution in [3.8, 4) is 11.4 Å². The van der Waals surface area contributed by atoms with E-state index >= 15 is 0 Å². The SMILES string of the molecule is CCS(=O)(=O)N1CCC(c2nc(-c3ccccc3)no2)CC1. The first-order valence-corrected chi connectivity index (χ1v) is 9.08. The minimum Gasteiger partial charge on any atom is -0.339 e. The Morgan fingerprint density at radius 2 is 1.91 bits per heavy atom. The Morgan fingerprint density at radius 1 is 1.23 bits per heavy atom. The van der Waals surface area contributed by atoms with Crippen LogP contribution in [0.2, 0.25) is 0 Å². The van der Waals surface area contributed by atoms with Gasteiger partial charge in [-0.05, 0) is 19.8 Å². The molecule has 0 saturated carbocycles. The second kappa shape index (κ2) is 6.18. The Labute approximate surface area is 130 Å². The summed E-state index contributed by atoms with van der Waals surface area (Å²) in [5, 5.41) is 4.03. The molecule has 1 aliphatic rings. The molecule has 1 aromatic heterocycles. The molecular weight excluding hydrogens is 302 g/mol. The van der Waals surface area contributed by atoms with Gasteiger partial charge in [0.2, 0.25) is 21.7 Å². The lowest BCUT2D eigenvalue weighted by atomic mass is 9.98. The molecule has 0 spiro atoms. The molecule has 0 radical (unpaired) electrons. The fraction of sp³-hybridized carbons (Fsp3) is 0.467. The Kier molecular flexibility index (Phi) is 4.26. The Morgan fingerprint density at radius 3 is 2.55 bits per heavy atom. The molecule has 1 aromatic carbocycles. The molecule has 1 saturated heterocycles. The number of sulfonamides is 1. The van der Waals surface area contributed by atoms with Crippen molar-refractivity contribution >= 4 is 10.0 Å². The molecule has 0 bridgehead atoms. The predicted molar refractivity (Wildman–Crippen MR) is 82.7 cm³/mol. The number of rotatable bonds is 4. The van der Waals surface area contributed by atoms with Gasteiger partial charge in [0.1, 0.15) is 0 Å². The van der Waals surface area contributed by atoms with E-state index in [9.17, 15) is 8.42 Å². The standard InChI is InChI=1S/C15H19N3O3S/c1-2-22(19,20)18-10-8-13(9-11-18)15-16-14(17-21-15)12-6-4-3-5-7-12/h3-7,13H,2,8-11H2,1H3. The average Bonchev–Trinajstić information content (AvgIpc) is 3.06. The van der Waals surface area contributed by atoms with Crippen molar-refractivity contribution in [2.45, 2.75) is 25.7 Å². The number of benzene rings is 1. The maximum absolute atomic E-state index is 11.9. The van der Waals surface area contributed by atoms with Crippen LogP contribution in [0.5, 0.6) is 0 Å². The normalized spacial score (nSPS) is 17.7. The number of piperidine rings is 1. The molecule has 6 nitrogen and oxygen atoms in total. The molecule has 0 atom stereocenters. The molecule has 2 aromatic rings. The van der Waals surface area contributed by atoms with Gasteiger partial charge in [0.25, 0.3) is 0 Å². The zero-order chi connectivity index (χ0) is 15.6. The molecule has 7 heteroatoms. The first-order chi connectivity index (χ1) is 10.6. The van der Waals surface area contributed by atoms with Crippen LogP contribution in [0.4, 0.5) is 0 Å². The van der Waals surface area contributed by atoms with Gasteiger partial charge in [0.15, 0.2) is 0 Å². The molecule has 1 fully saturated rings. The summed E-state index contributed by atoms with van der Waals surface area (Å²) in [5.41, 5.74) is 0.920. The second-order valence-electron chi connectivity index (χ2n) is 5.40. The molecule has 2 heterocycles. The van der Waals surface area contributed by atoms with Crippen LogP contribution in [0.15, 0.2) is 34.9 Å². The van der Waals surface area contributed by atoms with E-state index in [4.69, 9.17) is 4.52 Å². The molecule has 22 heavy (non-hydrogen) atoms. The van der Waals surface area contributed by atoms with Gasteiger partial charge in [-0.25, -0.2) is 12.7 Å². The third kappa shape index (κ3) is 3.05. The maximum Gasteiger partial charge on any atom is 0.230 e. The van der Waals surface area contributed by atoms with Gasteiger partial charge in [-0.3, -0.25) is 0 Å². The summed E-state index contributed by atoms with van der Waals surface area (Å²) in [6.45, 7) is 2.71. The highest BCUT2D eigenvalue weighted by molar-refractivity contribution is 7.89. The minimum atomic E-state index is -3.10. The molecule has 0 N–H and O–H groups in total. The Bertz CT molecular complexity index is 720. The average molecular weight is 321 g/mol. The third-order valence-corrected chi connectivity index (χ3v) is 5.92. The topological polar surface area (TPSA) is 76.3 Å². The summed E-state index contributed by atoms with van der Waals surface area (Å²) in [6.07, 6.45) is 1.44. The van der Waals surface area contributed by atoms with E-state index in [-0.39, 0.29) is 11.7 Å². The number of hydrogen-bond acceptors (Lipinski definition) is 5. The second-order valence-corrected chi connectivity index (χ2v) is 7.65. The smallest absolute Gasteiger partial charge is 0.230 e. The van der Waals surface area contributed by atoms with Crippen LogP contribution in [-0.2, 0) is 10.0 Å². The minimum absolute atomic E-state index is 0.133. The van der Waals surface area contributed by atoms with Gasteiger partial charge in [-0.15, -0.1) is 0 Å². The molecule has 1 aliphatic heterocycles. The summed E-state index contributed by atoms with van der Waals surface area (Å²) in [6, 6.07) is 9.67. The largest absolute Gasteiger partial charge is 0.339 e. The summed E-state index contributed by atoms with van der Waals surface area (Å²) in [5.74, 6) is 1.47. The first-order valence-electron chi connectivity index (χ1n) is 7.47. The van der Waals surface area contributed by atoms with Gasteiger partial charge >= 0.3 is 0 Å². The molecular formula is C15H19N3O3S. The lowest BCUT2D eigenvalue weighted by molar-refractivity contribution is 0.271. The van der Waals surface area contributed by atoms with E-state index in [1.165, 1.54) is 0 Å². The van der Waals surface area contributed by atoms with E-state index < -0.39 is 10.0 Å². The van der Waals surface area contributed by atoms with E-state index in [1.54, 1.807) is 11.2 Å². The monoisotopic (exact) mass is 321 g/mol. The predicted octanol–water partition coefficient (Wildman–Crippen LogP) is 2.27. The summed E-state index contributed by atoms with van der Waals surface area (Å²) in [4.78, 5) is 4.47. The van der Waals surface area contributed by atoms with Gasteiger partial charge in [-0.1, -0.05) is 35.5 Å². The van der Waals surface area contributed by atoms with Gasteiger partial charge < -0.3 is 4.52 Å². The first kappa shape index (κ1) is 15.2. The van der Waals surface area contributed by atoms with Crippen LogP contribution in [0.1, 0.15) is 31.6 Å². The van der Waals surface area contributed by atoms with Crippen LogP contribution in [0, 0.1) is 0 Å². The summed E-state index contributed by atoms with van der Waals surface area (Å²) < 4.78 is 30.7. The molecule has 0 aliphatic carbocycles. The molecule has 118 valence electrons. The van der Waals surface area contributed by atoms with E-state index in [0.29, 0.717) is 24.8 Å². The lowest BCUT2D eigenvalue weighted by Gasteiger charge is -2.29. The van der Waals surface area contributed by atoms with Crippen molar-refractivity contribution in [3.05, 3.63) is 36.2 Å². The fourth-order valence-corrected chi connectivity index (χ4v) is 3.80. The number of aromatic nitrogens is 2. The van der Waals surface area contributed by atoms with Crippen molar-refractivity contribution in [2.75, 3.05) is 18.8 Å². The fourth-order valence-electron chi connectivity index (χ4n) is 2.67. The van der Waals surface area contributed by atoms with Crippen molar-refractivity contribution < 1.29 is 12.9 Å². The van der Waals surface area contributed by atoms with Gasteiger partial charge in [-0.2, -0.15) is 4.98 Å². The zero-order valence-corrected chi connectivity index (χ0v) is 13.3. The van der Waals surface area contributed by atoms with Gasteiger partial charge in [0.05, 0.1) is 5.75 Å². The van der Waals surface area contributed by atoms with E-state index in [0.717, 1.165) is 18.4 Å². The van der Waals surface area contributed by atoms with Crippen LogP contribution >= 0.6 is 0 Å². The van der Waals surface area contributed by atoms with Crippen molar-refractivity contribution in [1.29, 1.82) is 0 Å². The van der Waals surface area contributed by atoms with Crippen molar-refractivity contribution in [2.24, 2.45) is 0 Å². The van der Waals surface area contributed by atoms with E-state index in [2.05, 4.69) is 10.1 Å². The quantitative estimate of drug-likeness (QED) is 0.863. The van der Waals surface area contributed by atoms with Gasteiger partial charge in [0, 0.05) is 24.6 Å². The Hall–Kier alpha value is -1.73. The highest BCUT2D eigenvalue weighted by atomic mass is 32.2. The van der Waals surface area contributed by atoms with Crippen LogP contribution in [0.25, 0.3) is 11.4 Å². The van der Waals surface area contributed by atoms with Crippen molar-refractivity contribution in [1.82, 2.24) is 14.4 Å². The Balaban J connectivity index is 1.69. The zero-order valence-electron chi connectivity index (χ0n) is 12.5. The molecule has 3 rings (SSSR count). The van der Waals surface area contributed by atoms with Crippen LogP contribution in [-0.4, -0.2) is 41.7 Å². The van der Waals surface area contributed by atoms with E-state index in [1.807, 2.05) is 30.3 Å². The maximum atomic E-state index is 11.9. The highest BCUT2D eigenvalue weighted by Gasteiger charge is 2.30. The van der Waals surface area contributed by atoms with Crippen LogP contribution in [0.3, 0.4) is 0 Å². The molecule has 0 amide bonds. The lowest BCUT2D eigenvalue weighted by Crippen LogP contribution is -2.38. The summed E-state index contributed by atoms with van der Waals surface area (Å²) in [7, 11) is -3.10. The number of hydrogen-bond donors (Lipinski definition) is 0.